The smallest absolute Gasteiger partial charge is 0.259 e. The predicted octanol–water partition coefficient (Wildman–Crippen LogP) is 2.58. The van der Waals surface area contributed by atoms with E-state index in [1.807, 2.05) is 36.4 Å². The fraction of sp³-hybridized carbons (Fsp3) is 0. The normalized spacial score (nSPS) is 12.8. The Morgan fingerprint density at radius 2 is 1.47 bits per heavy atom. The van der Waals surface area contributed by atoms with E-state index >= 15 is 0 Å². The molecule has 1 aliphatic rings. The van der Waals surface area contributed by atoms with Gasteiger partial charge in [-0.15, -0.1) is 0 Å². The SMILES string of the molecule is Nc1cccc2c1C(=O)Nc1ccccc1N2. The maximum atomic E-state index is 12.1. The van der Waals surface area contributed by atoms with E-state index in [-0.39, 0.29) is 5.91 Å². The third-order valence-electron chi connectivity index (χ3n) is 2.77. The summed E-state index contributed by atoms with van der Waals surface area (Å²) in [5, 5.41) is 6.05. The minimum absolute atomic E-state index is 0.185. The molecule has 4 nitrogen and oxygen atoms in total. The molecule has 0 unspecified atom stereocenters. The number of hydrogen-bond donors (Lipinski definition) is 3. The minimum atomic E-state index is -0.185. The molecule has 1 amide bonds. The third-order valence-corrected chi connectivity index (χ3v) is 2.77. The van der Waals surface area contributed by atoms with Crippen LogP contribution >= 0.6 is 0 Å². The molecular formula is C13H11N3O. The summed E-state index contributed by atoms with van der Waals surface area (Å²) in [6.07, 6.45) is 0. The number of rotatable bonds is 0. The number of nitrogens with two attached hydrogens (primary N) is 1. The lowest BCUT2D eigenvalue weighted by Crippen LogP contribution is -2.12. The van der Waals surface area contributed by atoms with E-state index in [1.54, 1.807) is 6.07 Å². The number of amides is 1. The van der Waals surface area contributed by atoms with Crippen molar-refractivity contribution in [3.8, 4) is 0 Å². The molecule has 3 rings (SSSR count). The van der Waals surface area contributed by atoms with Crippen LogP contribution in [0.2, 0.25) is 0 Å². The first-order valence-electron chi connectivity index (χ1n) is 5.31. The zero-order valence-corrected chi connectivity index (χ0v) is 9.03. The standard InChI is InChI=1S/C13H11N3O/c14-8-4-3-7-11-12(8)13(17)16-10-6-2-1-5-9(10)15-11/h1-7,15H,14H2,(H,16,17). The van der Waals surface area contributed by atoms with Crippen molar-refractivity contribution < 1.29 is 4.79 Å². The van der Waals surface area contributed by atoms with Gasteiger partial charge in [0.05, 0.1) is 22.6 Å². The summed E-state index contributed by atoms with van der Waals surface area (Å²) in [4.78, 5) is 12.1. The van der Waals surface area contributed by atoms with E-state index in [0.717, 1.165) is 17.1 Å². The number of hydrogen-bond acceptors (Lipinski definition) is 3. The first kappa shape index (κ1) is 9.72. The van der Waals surface area contributed by atoms with Gasteiger partial charge in [0, 0.05) is 5.69 Å². The zero-order valence-electron chi connectivity index (χ0n) is 9.03. The van der Waals surface area contributed by atoms with Gasteiger partial charge in [-0.2, -0.15) is 0 Å². The molecule has 17 heavy (non-hydrogen) atoms. The van der Waals surface area contributed by atoms with Crippen molar-refractivity contribution in [2.75, 3.05) is 16.4 Å². The molecule has 84 valence electrons. The van der Waals surface area contributed by atoms with Crippen LogP contribution in [0.1, 0.15) is 10.4 Å². The van der Waals surface area contributed by atoms with Gasteiger partial charge in [0.2, 0.25) is 0 Å². The predicted molar refractivity (Wildman–Crippen MR) is 68.5 cm³/mol. The molecule has 0 aliphatic carbocycles. The fourth-order valence-corrected chi connectivity index (χ4v) is 1.96. The van der Waals surface area contributed by atoms with Crippen LogP contribution in [-0.2, 0) is 0 Å². The third kappa shape index (κ3) is 1.50. The molecule has 0 spiro atoms. The second-order valence-corrected chi connectivity index (χ2v) is 3.89. The Bertz CT molecular complexity index is 607. The van der Waals surface area contributed by atoms with Crippen molar-refractivity contribution >= 4 is 28.7 Å². The zero-order chi connectivity index (χ0) is 11.8. The van der Waals surface area contributed by atoms with E-state index in [4.69, 9.17) is 5.73 Å². The Labute approximate surface area is 98.4 Å². The highest BCUT2D eigenvalue weighted by atomic mass is 16.1. The van der Waals surface area contributed by atoms with Crippen LogP contribution in [0.5, 0.6) is 0 Å². The van der Waals surface area contributed by atoms with Gasteiger partial charge in [0.1, 0.15) is 0 Å². The number of anilines is 4. The molecule has 2 aromatic carbocycles. The highest BCUT2D eigenvalue weighted by Crippen LogP contribution is 2.33. The van der Waals surface area contributed by atoms with Crippen molar-refractivity contribution in [3.05, 3.63) is 48.0 Å². The number of benzene rings is 2. The summed E-state index contributed by atoms with van der Waals surface area (Å²) in [7, 11) is 0. The fourth-order valence-electron chi connectivity index (χ4n) is 1.96. The van der Waals surface area contributed by atoms with Gasteiger partial charge in [-0.05, 0) is 24.3 Å². The van der Waals surface area contributed by atoms with Crippen LogP contribution in [-0.4, -0.2) is 5.91 Å². The average molecular weight is 225 g/mol. The minimum Gasteiger partial charge on any atom is -0.398 e. The first-order chi connectivity index (χ1) is 8.25. The van der Waals surface area contributed by atoms with Gasteiger partial charge in [-0.3, -0.25) is 4.79 Å². The largest absolute Gasteiger partial charge is 0.398 e. The van der Waals surface area contributed by atoms with Gasteiger partial charge in [-0.1, -0.05) is 18.2 Å². The Balaban J connectivity index is 2.21. The monoisotopic (exact) mass is 225 g/mol. The molecule has 0 bridgehead atoms. The Morgan fingerprint density at radius 1 is 0.824 bits per heavy atom. The molecule has 0 fully saturated rings. The molecule has 0 saturated carbocycles. The van der Waals surface area contributed by atoms with Crippen LogP contribution < -0.4 is 16.4 Å². The summed E-state index contributed by atoms with van der Waals surface area (Å²) in [6, 6.07) is 12.9. The molecule has 2 aromatic rings. The highest BCUT2D eigenvalue weighted by Gasteiger charge is 2.20. The van der Waals surface area contributed by atoms with E-state index in [2.05, 4.69) is 10.6 Å². The Kier molecular flexibility index (Phi) is 2.01. The lowest BCUT2D eigenvalue weighted by Gasteiger charge is -2.08. The highest BCUT2D eigenvalue weighted by molar-refractivity contribution is 6.15. The first-order valence-corrected chi connectivity index (χ1v) is 5.31. The van der Waals surface area contributed by atoms with Crippen LogP contribution in [0.3, 0.4) is 0 Å². The average Bonchev–Trinajstić information content (AvgIpc) is 2.45. The van der Waals surface area contributed by atoms with E-state index in [1.165, 1.54) is 0 Å². The number of carbonyl (C=O) groups is 1. The quantitative estimate of drug-likeness (QED) is 0.604. The van der Waals surface area contributed by atoms with Gasteiger partial charge >= 0.3 is 0 Å². The van der Waals surface area contributed by atoms with Crippen molar-refractivity contribution in [2.24, 2.45) is 0 Å². The molecule has 1 aliphatic heterocycles. The molecule has 4 N–H and O–H groups in total. The molecule has 0 aromatic heterocycles. The number of nitrogens with one attached hydrogen (secondary N) is 2. The van der Waals surface area contributed by atoms with Gasteiger partial charge in [-0.25, -0.2) is 0 Å². The second-order valence-electron chi connectivity index (χ2n) is 3.89. The lowest BCUT2D eigenvalue weighted by molar-refractivity contribution is 0.102. The van der Waals surface area contributed by atoms with Crippen LogP contribution in [0.15, 0.2) is 42.5 Å². The van der Waals surface area contributed by atoms with Gasteiger partial charge < -0.3 is 16.4 Å². The van der Waals surface area contributed by atoms with Gasteiger partial charge in [0.25, 0.3) is 5.91 Å². The van der Waals surface area contributed by atoms with Crippen molar-refractivity contribution in [2.45, 2.75) is 0 Å². The Hall–Kier alpha value is -2.49. The van der Waals surface area contributed by atoms with Crippen LogP contribution in [0.4, 0.5) is 22.7 Å². The molecule has 0 radical (unpaired) electrons. The number of nitrogen functional groups attached to an aromatic ring is 1. The maximum Gasteiger partial charge on any atom is 0.259 e. The molecule has 4 heteroatoms. The topological polar surface area (TPSA) is 67.2 Å². The summed E-state index contributed by atoms with van der Waals surface area (Å²) >= 11 is 0. The number of fused-ring (bicyclic) bond motifs is 2. The Morgan fingerprint density at radius 3 is 2.24 bits per heavy atom. The number of carbonyl (C=O) groups excluding carboxylic acids is 1. The molecule has 1 heterocycles. The maximum absolute atomic E-state index is 12.1. The summed E-state index contributed by atoms with van der Waals surface area (Å²) in [5.74, 6) is -0.185. The van der Waals surface area contributed by atoms with Crippen molar-refractivity contribution in [1.29, 1.82) is 0 Å². The van der Waals surface area contributed by atoms with Crippen molar-refractivity contribution in [1.82, 2.24) is 0 Å². The molecular weight excluding hydrogens is 214 g/mol. The van der Waals surface area contributed by atoms with Crippen LogP contribution in [0.25, 0.3) is 0 Å². The summed E-state index contributed by atoms with van der Waals surface area (Å²) < 4.78 is 0. The number of para-hydroxylation sites is 2. The molecule has 0 saturated heterocycles. The molecule has 0 atom stereocenters. The van der Waals surface area contributed by atoms with Crippen LogP contribution in [0, 0.1) is 0 Å². The van der Waals surface area contributed by atoms with E-state index in [0.29, 0.717) is 11.3 Å². The lowest BCUT2D eigenvalue weighted by atomic mass is 10.1. The summed E-state index contributed by atoms with van der Waals surface area (Å²) in [5.41, 5.74) is 9.15. The van der Waals surface area contributed by atoms with E-state index in [9.17, 15) is 4.79 Å². The van der Waals surface area contributed by atoms with Crippen molar-refractivity contribution in [3.63, 3.8) is 0 Å². The van der Waals surface area contributed by atoms with Gasteiger partial charge in [0.15, 0.2) is 0 Å². The second kappa shape index (κ2) is 3.52. The van der Waals surface area contributed by atoms with E-state index < -0.39 is 0 Å². The summed E-state index contributed by atoms with van der Waals surface area (Å²) in [6.45, 7) is 0.